The second-order valence-electron chi connectivity index (χ2n) is 3.43. The fourth-order valence-electron chi connectivity index (χ4n) is 1.49. The molecule has 4 nitrogen and oxygen atoms in total. The molecule has 0 saturated heterocycles. The molecule has 16 heavy (non-hydrogen) atoms. The normalized spacial score (nSPS) is 10.6. The van der Waals surface area contributed by atoms with E-state index in [9.17, 15) is 4.39 Å². The van der Waals surface area contributed by atoms with Crippen molar-refractivity contribution in [2.24, 2.45) is 0 Å². The summed E-state index contributed by atoms with van der Waals surface area (Å²) in [6.45, 7) is 0.714. The van der Waals surface area contributed by atoms with Crippen LogP contribution in [0.15, 0.2) is 30.5 Å². The van der Waals surface area contributed by atoms with Crippen molar-refractivity contribution in [3.8, 4) is 11.3 Å². The molecule has 1 aromatic heterocycles. The second-order valence-corrected chi connectivity index (χ2v) is 3.43. The fraction of sp³-hybridized carbons (Fsp3) is 0.273. The lowest BCUT2D eigenvalue weighted by molar-refractivity contribution is 0.276. The lowest BCUT2D eigenvalue weighted by Crippen LogP contribution is -2.04. The summed E-state index contributed by atoms with van der Waals surface area (Å²) in [6.07, 6.45) is 2.25. The van der Waals surface area contributed by atoms with Crippen LogP contribution in [-0.2, 0) is 6.54 Å². The van der Waals surface area contributed by atoms with E-state index < -0.39 is 0 Å². The number of aliphatic hydroxyl groups is 1. The van der Waals surface area contributed by atoms with E-state index in [2.05, 4.69) is 10.3 Å². The van der Waals surface area contributed by atoms with Crippen molar-refractivity contribution in [3.63, 3.8) is 0 Å². The summed E-state index contributed by atoms with van der Waals surface area (Å²) in [4.78, 5) is 0. The number of hydrogen-bond acceptors (Lipinski definition) is 3. The van der Waals surface area contributed by atoms with Gasteiger partial charge in [-0.25, -0.2) is 9.07 Å². The summed E-state index contributed by atoms with van der Waals surface area (Å²) in [5.41, 5.74) is 1.69. The summed E-state index contributed by atoms with van der Waals surface area (Å²) in [5, 5.41) is 16.5. The van der Waals surface area contributed by atoms with E-state index in [1.165, 1.54) is 12.1 Å². The van der Waals surface area contributed by atoms with Gasteiger partial charge in [0.05, 0.1) is 11.9 Å². The highest BCUT2D eigenvalue weighted by Gasteiger charge is 2.06. The van der Waals surface area contributed by atoms with Crippen molar-refractivity contribution in [2.45, 2.75) is 13.0 Å². The predicted molar refractivity (Wildman–Crippen MR) is 57.1 cm³/mol. The molecule has 1 aromatic carbocycles. The Morgan fingerprint density at radius 1 is 1.25 bits per heavy atom. The van der Waals surface area contributed by atoms with E-state index in [1.807, 2.05) is 0 Å². The van der Waals surface area contributed by atoms with Crippen LogP contribution >= 0.6 is 0 Å². The Morgan fingerprint density at radius 2 is 2.00 bits per heavy atom. The Morgan fingerprint density at radius 3 is 2.69 bits per heavy atom. The lowest BCUT2D eigenvalue weighted by Gasteiger charge is -2.04. The van der Waals surface area contributed by atoms with Gasteiger partial charge in [0, 0.05) is 18.7 Å². The number of aliphatic hydroxyl groups excluding tert-OH is 1. The summed E-state index contributed by atoms with van der Waals surface area (Å²) in [6, 6.07) is 6.17. The minimum Gasteiger partial charge on any atom is -0.396 e. The molecule has 0 saturated carbocycles. The molecular weight excluding hydrogens is 209 g/mol. The highest BCUT2D eigenvalue weighted by molar-refractivity contribution is 5.57. The molecule has 0 radical (unpaired) electrons. The first-order chi connectivity index (χ1) is 7.81. The third kappa shape index (κ3) is 2.25. The molecule has 0 fully saturated rings. The molecule has 0 spiro atoms. The van der Waals surface area contributed by atoms with Crippen LogP contribution in [0.4, 0.5) is 4.39 Å². The molecule has 5 heteroatoms. The van der Waals surface area contributed by atoms with Gasteiger partial charge in [0.1, 0.15) is 5.82 Å². The Kier molecular flexibility index (Phi) is 3.26. The molecule has 0 atom stereocenters. The molecule has 2 aromatic rings. The van der Waals surface area contributed by atoms with Crippen LogP contribution in [-0.4, -0.2) is 26.7 Å². The highest BCUT2D eigenvalue weighted by Crippen LogP contribution is 2.18. The molecule has 0 aliphatic carbocycles. The zero-order valence-corrected chi connectivity index (χ0v) is 8.67. The van der Waals surface area contributed by atoms with Gasteiger partial charge in [-0.1, -0.05) is 5.21 Å². The molecule has 0 bridgehead atoms. The molecule has 2 rings (SSSR count). The standard InChI is InChI=1S/C11H12FN3O/c12-10-4-2-9(3-5-10)11-8-13-14-15(11)6-1-7-16/h2-5,8,16H,1,6-7H2. The molecule has 0 unspecified atom stereocenters. The van der Waals surface area contributed by atoms with Crippen molar-refractivity contribution >= 4 is 0 Å². The molecule has 0 amide bonds. The number of aromatic nitrogens is 3. The Balaban J connectivity index is 2.26. The Hall–Kier alpha value is -1.75. The van der Waals surface area contributed by atoms with E-state index >= 15 is 0 Å². The summed E-state index contributed by atoms with van der Waals surface area (Å²) < 4.78 is 14.5. The van der Waals surface area contributed by atoms with Crippen LogP contribution in [0.2, 0.25) is 0 Å². The monoisotopic (exact) mass is 221 g/mol. The maximum atomic E-state index is 12.8. The van der Waals surface area contributed by atoms with Gasteiger partial charge >= 0.3 is 0 Å². The van der Waals surface area contributed by atoms with Crippen LogP contribution in [0.25, 0.3) is 11.3 Å². The minimum atomic E-state index is -0.266. The zero-order valence-electron chi connectivity index (χ0n) is 8.67. The molecule has 0 aliphatic rings. The van der Waals surface area contributed by atoms with Crippen molar-refractivity contribution in [3.05, 3.63) is 36.3 Å². The number of nitrogens with zero attached hydrogens (tertiary/aromatic N) is 3. The Labute approximate surface area is 92.3 Å². The average Bonchev–Trinajstić information content (AvgIpc) is 2.75. The molecule has 84 valence electrons. The van der Waals surface area contributed by atoms with Crippen LogP contribution in [0.3, 0.4) is 0 Å². The van der Waals surface area contributed by atoms with E-state index in [0.717, 1.165) is 11.3 Å². The highest BCUT2D eigenvalue weighted by atomic mass is 19.1. The van der Waals surface area contributed by atoms with E-state index in [-0.39, 0.29) is 12.4 Å². The largest absolute Gasteiger partial charge is 0.396 e. The third-order valence-corrected chi connectivity index (χ3v) is 2.29. The first kappa shape index (κ1) is 10.8. The number of benzene rings is 1. The van der Waals surface area contributed by atoms with E-state index in [0.29, 0.717) is 13.0 Å². The smallest absolute Gasteiger partial charge is 0.123 e. The van der Waals surface area contributed by atoms with Gasteiger partial charge in [-0.05, 0) is 30.7 Å². The summed E-state index contributed by atoms with van der Waals surface area (Å²) in [7, 11) is 0. The number of hydrogen-bond donors (Lipinski definition) is 1. The maximum Gasteiger partial charge on any atom is 0.123 e. The molecular formula is C11H12FN3O. The number of rotatable bonds is 4. The van der Waals surface area contributed by atoms with Gasteiger partial charge in [-0.3, -0.25) is 0 Å². The van der Waals surface area contributed by atoms with Crippen molar-refractivity contribution in [2.75, 3.05) is 6.61 Å². The first-order valence-corrected chi connectivity index (χ1v) is 5.06. The minimum absolute atomic E-state index is 0.114. The van der Waals surface area contributed by atoms with Gasteiger partial charge < -0.3 is 5.11 Å². The second kappa shape index (κ2) is 4.85. The first-order valence-electron chi connectivity index (χ1n) is 5.06. The van der Waals surface area contributed by atoms with Gasteiger partial charge in [0.25, 0.3) is 0 Å². The maximum absolute atomic E-state index is 12.8. The van der Waals surface area contributed by atoms with Crippen molar-refractivity contribution < 1.29 is 9.50 Å². The van der Waals surface area contributed by atoms with Gasteiger partial charge in [0.15, 0.2) is 0 Å². The van der Waals surface area contributed by atoms with Gasteiger partial charge in [0.2, 0.25) is 0 Å². The number of aryl methyl sites for hydroxylation is 1. The van der Waals surface area contributed by atoms with Crippen molar-refractivity contribution in [1.82, 2.24) is 15.0 Å². The van der Waals surface area contributed by atoms with E-state index in [1.54, 1.807) is 23.0 Å². The van der Waals surface area contributed by atoms with Crippen LogP contribution in [0.1, 0.15) is 6.42 Å². The average molecular weight is 221 g/mol. The van der Waals surface area contributed by atoms with Crippen LogP contribution in [0.5, 0.6) is 0 Å². The topological polar surface area (TPSA) is 50.9 Å². The quantitative estimate of drug-likeness (QED) is 0.850. The predicted octanol–water partition coefficient (Wildman–Crippen LogP) is 1.47. The van der Waals surface area contributed by atoms with Crippen LogP contribution < -0.4 is 0 Å². The summed E-state index contributed by atoms with van der Waals surface area (Å²) in [5.74, 6) is -0.266. The third-order valence-electron chi connectivity index (χ3n) is 2.29. The molecule has 1 heterocycles. The van der Waals surface area contributed by atoms with Gasteiger partial charge in [-0.2, -0.15) is 0 Å². The molecule has 1 N–H and O–H groups in total. The van der Waals surface area contributed by atoms with Crippen LogP contribution in [0, 0.1) is 5.82 Å². The molecule has 0 aliphatic heterocycles. The van der Waals surface area contributed by atoms with E-state index in [4.69, 9.17) is 5.11 Å². The Bertz CT molecular complexity index is 453. The summed E-state index contributed by atoms with van der Waals surface area (Å²) >= 11 is 0. The fourth-order valence-corrected chi connectivity index (χ4v) is 1.49. The SMILES string of the molecule is OCCCn1nncc1-c1ccc(F)cc1. The lowest BCUT2D eigenvalue weighted by atomic mass is 10.1. The zero-order chi connectivity index (χ0) is 11.4. The van der Waals surface area contributed by atoms with Gasteiger partial charge in [-0.15, -0.1) is 5.10 Å². The number of halogens is 1. The van der Waals surface area contributed by atoms with Crippen molar-refractivity contribution in [1.29, 1.82) is 0 Å².